The number of hydrogen-bond acceptors (Lipinski definition) is 6. The maximum Gasteiger partial charge on any atom is 0.306 e. The second-order valence-electron chi connectivity index (χ2n) is 15.1. The predicted octanol–water partition coefficient (Wildman–Crippen LogP) is 15.0. The third kappa shape index (κ3) is 43.5. The molecule has 0 radical (unpaired) electrons. The molecular weight excluding hydrogens is 721 g/mol. The number of unbranched alkanes of at least 4 members (excludes halogenated alkanes) is 17. The standard InChI is InChI=1S/C52H84O6/c1-4-7-10-13-16-19-22-23-24-25-26-27-28-31-33-36-39-42-45-51(54)57-48-49(58-52(55)46-43-40-37-34-30-21-18-15-12-9-6-3)47-56-50(53)44-41-38-35-32-29-20-17-14-11-8-5-2/h9-10,12-13,16,18-19,21-27,34,37,49H,4-8,11,14-15,17,20,28-33,35-36,38-48H2,1-3H3/b12-9-,13-10-,19-16-,21-18-,23-22-,25-24-,27-26-,37-34-. The molecule has 328 valence electrons. The Balaban J connectivity index is 4.48. The van der Waals surface area contributed by atoms with Crippen molar-refractivity contribution in [1.82, 2.24) is 0 Å². The van der Waals surface area contributed by atoms with Crippen molar-refractivity contribution < 1.29 is 28.6 Å². The van der Waals surface area contributed by atoms with E-state index in [0.717, 1.165) is 89.9 Å². The van der Waals surface area contributed by atoms with Crippen LogP contribution >= 0.6 is 0 Å². The highest BCUT2D eigenvalue weighted by molar-refractivity contribution is 5.71. The summed E-state index contributed by atoms with van der Waals surface area (Å²) >= 11 is 0. The molecule has 0 rings (SSSR count). The molecule has 0 heterocycles. The van der Waals surface area contributed by atoms with Gasteiger partial charge in [0.2, 0.25) is 0 Å². The fourth-order valence-electron chi connectivity index (χ4n) is 5.96. The van der Waals surface area contributed by atoms with Crippen LogP contribution in [0.3, 0.4) is 0 Å². The molecule has 0 aliphatic rings. The van der Waals surface area contributed by atoms with E-state index in [-0.39, 0.29) is 37.5 Å². The average Bonchev–Trinajstić information content (AvgIpc) is 3.22. The zero-order chi connectivity index (χ0) is 42.3. The Morgan fingerprint density at radius 3 is 1.31 bits per heavy atom. The molecular formula is C52H84O6. The number of rotatable bonds is 40. The molecule has 0 spiro atoms. The normalized spacial score (nSPS) is 12.9. The fraction of sp³-hybridized carbons (Fsp3) is 0.635. The van der Waals surface area contributed by atoms with Crippen LogP contribution in [0.2, 0.25) is 0 Å². The number of hydrogen-bond donors (Lipinski definition) is 0. The molecule has 0 saturated heterocycles. The van der Waals surface area contributed by atoms with E-state index in [0.29, 0.717) is 19.3 Å². The third-order valence-electron chi connectivity index (χ3n) is 9.43. The van der Waals surface area contributed by atoms with Gasteiger partial charge in [-0.3, -0.25) is 14.4 Å². The van der Waals surface area contributed by atoms with Crippen LogP contribution in [0.15, 0.2) is 97.2 Å². The van der Waals surface area contributed by atoms with Crippen molar-refractivity contribution >= 4 is 17.9 Å². The lowest BCUT2D eigenvalue weighted by Crippen LogP contribution is -2.30. The first kappa shape index (κ1) is 54.3. The third-order valence-corrected chi connectivity index (χ3v) is 9.43. The Morgan fingerprint density at radius 2 is 0.793 bits per heavy atom. The molecule has 6 nitrogen and oxygen atoms in total. The van der Waals surface area contributed by atoms with E-state index < -0.39 is 6.10 Å². The Hall–Kier alpha value is -3.67. The molecule has 58 heavy (non-hydrogen) atoms. The summed E-state index contributed by atoms with van der Waals surface area (Å²) < 4.78 is 16.6. The molecule has 0 saturated carbocycles. The minimum Gasteiger partial charge on any atom is -0.462 e. The zero-order valence-corrected chi connectivity index (χ0v) is 37.3. The van der Waals surface area contributed by atoms with Crippen molar-refractivity contribution in [3.05, 3.63) is 97.2 Å². The zero-order valence-electron chi connectivity index (χ0n) is 37.3. The quantitative estimate of drug-likeness (QED) is 0.0202. The first-order chi connectivity index (χ1) is 28.5. The minimum atomic E-state index is -0.811. The molecule has 1 unspecified atom stereocenters. The van der Waals surface area contributed by atoms with Crippen molar-refractivity contribution in [3.63, 3.8) is 0 Å². The SMILES string of the molecule is CC/C=C\C/C=C\C/C=C\CCCC(=O)OC(COC(=O)CCCCCCC\C=C/C=C\C=C/C=C\C=C/CCC)COC(=O)CCCCCCCCCCCCC. The number of allylic oxidation sites excluding steroid dienone is 16. The molecule has 0 aromatic rings. The Bertz CT molecular complexity index is 1200. The summed E-state index contributed by atoms with van der Waals surface area (Å²) in [4.78, 5) is 37.7. The molecule has 0 aromatic heterocycles. The highest BCUT2D eigenvalue weighted by Crippen LogP contribution is 2.13. The van der Waals surface area contributed by atoms with Crippen molar-refractivity contribution in [1.29, 1.82) is 0 Å². The number of carbonyl (C=O) groups is 3. The number of carbonyl (C=O) groups excluding carboxylic acids is 3. The number of ether oxygens (including phenoxy) is 3. The number of esters is 3. The van der Waals surface area contributed by atoms with Gasteiger partial charge in [0, 0.05) is 19.3 Å². The van der Waals surface area contributed by atoms with Crippen LogP contribution in [0.25, 0.3) is 0 Å². The summed E-state index contributed by atoms with van der Waals surface area (Å²) in [6.07, 6.45) is 59.6. The van der Waals surface area contributed by atoms with E-state index in [1.54, 1.807) is 0 Å². The van der Waals surface area contributed by atoms with E-state index in [9.17, 15) is 14.4 Å². The largest absolute Gasteiger partial charge is 0.462 e. The van der Waals surface area contributed by atoms with Gasteiger partial charge in [-0.1, -0.05) is 208 Å². The summed E-state index contributed by atoms with van der Waals surface area (Å²) in [6.45, 7) is 6.33. The summed E-state index contributed by atoms with van der Waals surface area (Å²) in [6, 6.07) is 0. The summed E-state index contributed by atoms with van der Waals surface area (Å²) in [7, 11) is 0. The van der Waals surface area contributed by atoms with E-state index >= 15 is 0 Å². The van der Waals surface area contributed by atoms with E-state index in [1.807, 2.05) is 36.5 Å². The van der Waals surface area contributed by atoms with Gasteiger partial charge >= 0.3 is 17.9 Å². The van der Waals surface area contributed by atoms with Gasteiger partial charge in [-0.15, -0.1) is 0 Å². The second kappa shape index (κ2) is 46.0. The molecule has 0 fully saturated rings. The topological polar surface area (TPSA) is 78.9 Å². The molecule has 0 amide bonds. The van der Waals surface area contributed by atoms with Crippen molar-refractivity contribution in [2.75, 3.05) is 13.2 Å². The van der Waals surface area contributed by atoms with Gasteiger partial charge in [0.05, 0.1) is 0 Å². The smallest absolute Gasteiger partial charge is 0.306 e. The fourth-order valence-corrected chi connectivity index (χ4v) is 5.96. The van der Waals surface area contributed by atoms with Gasteiger partial charge in [-0.2, -0.15) is 0 Å². The predicted molar refractivity (Wildman–Crippen MR) is 247 cm³/mol. The maximum atomic E-state index is 12.7. The van der Waals surface area contributed by atoms with Gasteiger partial charge in [-0.25, -0.2) is 0 Å². The van der Waals surface area contributed by atoms with E-state index in [2.05, 4.69) is 81.5 Å². The van der Waals surface area contributed by atoms with Crippen molar-refractivity contribution in [3.8, 4) is 0 Å². The molecule has 0 aliphatic carbocycles. The molecule has 6 heteroatoms. The van der Waals surface area contributed by atoms with Crippen LogP contribution in [0.4, 0.5) is 0 Å². The molecule has 0 N–H and O–H groups in total. The maximum absolute atomic E-state index is 12.7. The highest BCUT2D eigenvalue weighted by atomic mass is 16.6. The Morgan fingerprint density at radius 1 is 0.379 bits per heavy atom. The molecule has 1 atom stereocenters. The summed E-state index contributed by atoms with van der Waals surface area (Å²) in [5.74, 6) is -0.997. The van der Waals surface area contributed by atoms with Crippen LogP contribution in [0.1, 0.15) is 194 Å². The van der Waals surface area contributed by atoms with Gasteiger partial charge in [0.1, 0.15) is 13.2 Å². The minimum absolute atomic E-state index is 0.106. The van der Waals surface area contributed by atoms with Gasteiger partial charge in [-0.05, 0) is 64.2 Å². The molecule has 0 bridgehead atoms. The molecule has 0 aliphatic heterocycles. The van der Waals surface area contributed by atoms with Crippen LogP contribution < -0.4 is 0 Å². The van der Waals surface area contributed by atoms with Gasteiger partial charge < -0.3 is 14.2 Å². The van der Waals surface area contributed by atoms with Crippen LogP contribution in [-0.2, 0) is 28.6 Å². The van der Waals surface area contributed by atoms with Gasteiger partial charge in [0.15, 0.2) is 6.10 Å². The van der Waals surface area contributed by atoms with Crippen LogP contribution in [-0.4, -0.2) is 37.2 Å². The van der Waals surface area contributed by atoms with Crippen molar-refractivity contribution in [2.24, 2.45) is 0 Å². The van der Waals surface area contributed by atoms with Crippen LogP contribution in [0.5, 0.6) is 0 Å². The van der Waals surface area contributed by atoms with Gasteiger partial charge in [0.25, 0.3) is 0 Å². The average molecular weight is 805 g/mol. The molecule has 0 aromatic carbocycles. The first-order valence-electron chi connectivity index (χ1n) is 23.3. The lowest BCUT2D eigenvalue weighted by molar-refractivity contribution is -0.167. The monoisotopic (exact) mass is 805 g/mol. The first-order valence-corrected chi connectivity index (χ1v) is 23.3. The van der Waals surface area contributed by atoms with E-state index in [1.165, 1.54) is 57.8 Å². The second-order valence-corrected chi connectivity index (χ2v) is 15.1. The van der Waals surface area contributed by atoms with Crippen molar-refractivity contribution in [2.45, 2.75) is 200 Å². The van der Waals surface area contributed by atoms with Crippen LogP contribution in [0, 0.1) is 0 Å². The lowest BCUT2D eigenvalue weighted by Gasteiger charge is -2.18. The highest BCUT2D eigenvalue weighted by Gasteiger charge is 2.19. The summed E-state index contributed by atoms with van der Waals surface area (Å²) in [5, 5.41) is 0. The summed E-state index contributed by atoms with van der Waals surface area (Å²) in [5.41, 5.74) is 0. The lowest BCUT2D eigenvalue weighted by atomic mass is 10.1. The Labute approximate surface area is 356 Å². The Kier molecular flexibility index (Phi) is 43.1. The van der Waals surface area contributed by atoms with E-state index in [4.69, 9.17) is 14.2 Å².